The third-order valence-corrected chi connectivity index (χ3v) is 3.47. The number of aromatic hydroxyl groups is 1. The van der Waals surface area contributed by atoms with Gasteiger partial charge in [-0.05, 0) is 32.4 Å². The predicted octanol–water partition coefficient (Wildman–Crippen LogP) is 3.85. The molecule has 0 atom stereocenters. The van der Waals surface area contributed by atoms with Gasteiger partial charge in [0.25, 0.3) is 0 Å². The first-order valence-electron chi connectivity index (χ1n) is 6.59. The summed E-state index contributed by atoms with van der Waals surface area (Å²) in [6, 6.07) is 6.60. The minimum Gasteiger partial charge on any atom is -0.507 e. The number of hydrogen-bond donors (Lipinski definition) is 1. The van der Waals surface area contributed by atoms with Crippen LogP contribution in [0.3, 0.4) is 0 Å². The van der Waals surface area contributed by atoms with Crippen molar-refractivity contribution in [2.75, 3.05) is 0 Å². The summed E-state index contributed by atoms with van der Waals surface area (Å²) in [7, 11) is 0. The molecule has 1 heterocycles. The van der Waals surface area contributed by atoms with Crippen LogP contribution in [-0.2, 0) is 0 Å². The summed E-state index contributed by atoms with van der Waals surface area (Å²) in [5.41, 5.74) is 2.19. The largest absolute Gasteiger partial charge is 0.507 e. The lowest BCUT2D eigenvalue weighted by atomic mass is 10.0. The second kappa shape index (κ2) is 4.60. The SMILES string of the molecule is Cc1ccc2c[n+](C(C)C)c(C(C)C)cc2c1O. The van der Waals surface area contributed by atoms with E-state index in [-0.39, 0.29) is 0 Å². The number of nitrogens with zero attached hydrogens (tertiary/aromatic N) is 1. The van der Waals surface area contributed by atoms with E-state index in [1.165, 1.54) is 5.69 Å². The molecule has 0 bridgehead atoms. The highest BCUT2D eigenvalue weighted by Gasteiger charge is 2.20. The second-order valence-electron chi connectivity index (χ2n) is 5.59. The number of phenols is 1. The zero-order valence-electron chi connectivity index (χ0n) is 11.9. The Bertz CT molecular complexity index is 585. The van der Waals surface area contributed by atoms with E-state index in [0.29, 0.717) is 17.7 Å². The molecule has 0 amide bonds. The summed E-state index contributed by atoms with van der Waals surface area (Å²) < 4.78 is 2.29. The fraction of sp³-hybridized carbons (Fsp3) is 0.438. The summed E-state index contributed by atoms with van der Waals surface area (Å²) in [6.07, 6.45) is 2.15. The molecule has 1 aromatic heterocycles. The number of pyridine rings is 1. The van der Waals surface area contributed by atoms with Crippen molar-refractivity contribution in [3.63, 3.8) is 0 Å². The second-order valence-corrected chi connectivity index (χ2v) is 5.59. The molecule has 0 aliphatic rings. The summed E-state index contributed by atoms with van der Waals surface area (Å²) >= 11 is 0. The molecule has 0 aliphatic heterocycles. The van der Waals surface area contributed by atoms with Crippen LogP contribution in [0.1, 0.15) is 50.9 Å². The Kier molecular flexibility index (Phi) is 3.29. The van der Waals surface area contributed by atoms with E-state index in [1.54, 1.807) is 0 Å². The Morgan fingerprint density at radius 3 is 2.33 bits per heavy atom. The van der Waals surface area contributed by atoms with Crippen molar-refractivity contribution >= 4 is 10.8 Å². The molecule has 96 valence electrons. The zero-order chi connectivity index (χ0) is 13.4. The maximum Gasteiger partial charge on any atom is 0.184 e. The molecule has 2 nitrogen and oxygen atoms in total. The topological polar surface area (TPSA) is 24.1 Å². The van der Waals surface area contributed by atoms with Gasteiger partial charge < -0.3 is 5.11 Å². The summed E-state index contributed by atoms with van der Waals surface area (Å²) in [6.45, 7) is 10.7. The van der Waals surface area contributed by atoms with E-state index in [2.05, 4.69) is 50.6 Å². The summed E-state index contributed by atoms with van der Waals surface area (Å²) in [4.78, 5) is 0. The van der Waals surface area contributed by atoms with Crippen molar-refractivity contribution in [2.45, 2.75) is 46.6 Å². The predicted molar refractivity (Wildman–Crippen MR) is 75.0 cm³/mol. The number of hydrogen-bond acceptors (Lipinski definition) is 1. The van der Waals surface area contributed by atoms with E-state index in [1.807, 2.05) is 13.0 Å². The fourth-order valence-electron chi connectivity index (χ4n) is 2.36. The average Bonchev–Trinajstić information content (AvgIpc) is 2.32. The van der Waals surface area contributed by atoms with Gasteiger partial charge in [0, 0.05) is 22.8 Å². The molecule has 0 saturated heterocycles. The number of rotatable bonds is 2. The van der Waals surface area contributed by atoms with E-state index >= 15 is 0 Å². The van der Waals surface area contributed by atoms with Gasteiger partial charge in [-0.25, -0.2) is 0 Å². The maximum absolute atomic E-state index is 10.2. The Morgan fingerprint density at radius 1 is 1.11 bits per heavy atom. The standard InChI is InChI=1S/C16H21NO/c1-10(2)15-8-14-13(9-17(15)11(3)4)7-6-12(5)16(14)18/h6-11H,1-5H3/p+1. The average molecular weight is 244 g/mol. The molecule has 0 fully saturated rings. The molecular weight excluding hydrogens is 222 g/mol. The summed E-state index contributed by atoms with van der Waals surface area (Å²) in [5.74, 6) is 0.849. The first-order chi connectivity index (χ1) is 8.41. The highest BCUT2D eigenvalue weighted by Crippen LogP contribution is 2.29. The van der Waals surface area contributed by atoms with Crippen LogP contribution in [0.25, 0.3) is 10.8 Å². The minimum atomic E-state index is 0.408. The Labute approximate surface area is 109 Å². The van der Waals surface area contributed by atoms with Gasteiger partial charge in [0.2, 0.25) is 0 Å². The molecular formula is C16H22NO+. The van der Waals surface area contributed by atoms with Crippen molar-refractivity contribution in [3.05, 3.63) is 35.7 Å². The third-order valence-electron chi connectivity index (χ3n) is 3.47. The van der Waals surface area contributed by atoms with Gasteiger partial charge in [0.1, 0.15) is 5.75 Å². The molecule has 0 aliphatic carbocycles. The van der Waals surface area contributed by atoms with Gasteiger partial charge in [0.05, 0.1) is 0 Å². The molecule has 18 heavy (non-hydrogen) atoms. The molecule has 0 spiro atoms. The molecule has 2 heteroatoms. The normalized spacial score (nSPS) is 11.7. The molecule has 0 saturated carbocycles. The number of aromatic nitrogens is 1. The molecule has 2 rings (SSSR count). The number of benzene rings is 1. The number of phenolic OH excluding ortho intramolecular Hbond substituents is 1. The fourth-order valence-corrected chi connectivity index (χ4v) is 2.36. The first kappa shape index (κ1) is 12.9. The van der Waals surface area contributed by atoms with E-state index in [0.717, 1.165) is 16.3 Å². The highest BCUT2D eigenvalue weighted by molar-refractivity contribution is 5.88. The van der Waals surface area contributed by atoms with Crippen LogP contribution in [0.2, 0.25) is 0 Å². The van der Waals surface area contributed by atoms with Crippen LogP contribution in [-0.4, -0.2) is 5.11 Å². The highest BCUT2D eigenvalue weighted by atomic mass is 16.3. The van der Waals surface area contributed by atoms with Gasteiger partial charge in [-0.15, -0.1) is 0 Å². The quantitative estimate of drug-likeness (QED) is 0.797. The van der Waals surface area contributed by atoms with Crippen LogP contribution in [0.15, 0.2) is 24.4 Å². The molecule has 2 aromatic rings. The van der Waals surface area contributed by atoms with Crippen molar-refractivity contribution in [1.82, 2.24) is 0 Å². The molecule has 1 N–H and O–H groups in total. The van der Waals surface area contributed by atoms with Crippen molar-refractivity contribution in [2.24, 2.45) is 0 Å². The minimum absolute atomic E-state index is 0.408. The van der Waals surface area contributed by atoms with Crippen LogP contribution in [0.5, 0.6) is 5.75 Å². The van der Waals surface area contributed by atoms with E-state index in [9.17, 15) is 5.11 Å². The van der Waals surface area contributed by atoms with Gasteiger partial charge in [-0.2, -0.15) is 4.57 Å². The lowest BCUT2D eigenvalue weighted by Gasteiger charge is -2.12. The van der Waals surface area contributed by atoms with Crippen LogP contribution < -0.4 is 4.57 Å². The monoisotopic (exact) mass is 244 g/mol. The lowest BCUT2D eigenvalue weighted by molar-refractivity contribution is -0.722. The number of fused-ring (bicyclic) bond motifs is 1. The van der Waals surface area contributed by atoms with Gasteiger partial charge in [-0.3, -0.25) is 0 Å². The van der Waals surface area contributed by atoms with Gasteiger partial charge in [0.15, 0.2) is 17.9 Å². The molecule has 0 radical (unpaired) electrons. The van der Waals surface area contributed by atoms with Crippen LogP contribution in [0, 0.1) is 6.92 Å². The van der Waals surface area contributed by atoms with Crippen LogP contribution >= 0.6 is 0 Å². The summed E-state index contributed by atoms with van der Waals surface area (Å²) in [5, 5.41) is 12.2. The third kappa shape index (κ3) is 2.07. The van der Waals surface area contributed by atoms with Gasteiger partial charge in [-0.1, -0.05) is 19.9 Å². The van der Waals surface area contributed by atoms with Crippen molar-refractivity contribution < 1.29 is 9.67 Å². The Balaban J connectivity index is 2.81. The molecule has 0 unspecified atom stereocenters. The smallest absolute Gasteiger partial charge is 0.184 e. The Morgan fingerprint density at radius 2 is 1.78 bits per heavy atom. The van der Waals surface area contributed by atoms with E-state index in [4.69, 9.17) is 0 Å². The van der Waals surface area contributed by atoms with E-state index < -0.39 is 0 Å². The molecule has 1 aromatic carbocycles. The number of aryl methyl sites for hydroxylation is 1. The van der Waals surface area contributed by atoms with Gasteiger partial charge >= 0.3 is 0 Å². The lowest BCUT2D eigenvalue weighted by Crippen LogP contribution is -2.40. The van der Waals surface area contributed by atoms with Crippen molar-refractivity contribution in [1.29, 1.82) is 0 Å². The zero-order valence-corrected chi connectivity index (χ0v) is 11.9. The van der Waals surface area contributed by atoms with Crippen LogP contribution in [0.4, 0.5) is 0 Å². The first-order valence-corrected chi connectivity index (χ1v) is 6.59. The van der Waals surface area contributed by atoms with Crippen molar-refractivity contribution in [3.8, 4) is 5.75 Å². The Hall–Kier alpha value is -1.57. The maximum atomic E-state index is 10.2.